The van der Waals surface area contributed by atoms with E-state index in [2.05, 4.69) is 34.7 Å². The van der Waals surface area contributed by atoms with E-state index in [-0.39, 0.29) is 0 Å². The first-order valence-corrected chi connectivity index (χ1v) is 6.83. The van der Waals surface area contributed by atoms with E-state index in [1.54, 1.807) is 0 Å². The fraction of sp³-hybridized carbons (Fsp3) is 0.643. The number of hydrogen-bond donors (Lipinski definition) is 2. The number of nitrogens with zero attached hydrogens (tertiary/aromatic N) is 1. The average molecular weight is 233 g/mol. The Labute approximate surface area is 104 Å². The first-order chi connectivity index (χ1) is 8.40. The van der Waals surface area contributed by atoms with Gasteiger partial charge in [0, 0.05) is 18.8 Å². The monoisotopic (exact) mass is 233 g/mol. The van der Waals surface area contributed by atoms with Crippen molar-refractivity contribution in [1.82, 2.24) is 10.3 Å². The molecule has 1 saturated heterocycles. The summed E-state index contributed by atoms with van der Waals surface area (Å²) in [5.74, 6) is 0.998. The molecule has 1 aromatic heterocycles. The van der Waals surface area contributed by atoms with Gasteiger partial charge in [0.2, 0.25) is 0 Å². The maximum absolute atomic E-state index is 4.47. The minimum atomic E-state index is 0.515. The number of hydrogen-bond acceptors (Lipinski definition) is 3. The van der Waals surface area contributed by atoms with Gasteiger partial charge in [-0.15, -0.1) is 0 Å². The van der Waals surface area contributed by atoms with E-state index in [1.807, 2.05) is 6.20 Å². The lowest BCUT2D eigenvalue weighted by atomic mass is 9.99. The van der Waals surface area contributed by atoms with Crippen molar-refractivity contribution < 1.29 is 0 Å². The molecule has 1 fully saturated rings. The van der Waals surface area contributed by atoms with Crippen molar-refractivity contribution in [1.29, 1.82) is 0 Å². The van der Waals surface area contributed by atoms with Crippen LogP contribution in [0.25, 0.3) is 0 Å². The molecular weight excluding hydrogens is 210 g/mol. The van der Waals surface area contributed by atoms with Crippen molar-refractivity contribution in [2.24, 2.45) is 0 Å². The van der Waals surface area contributed by atoms with Gasteiger partial charge in [-0.3, -0.25) is 0 Å². The molecule has 17 heavy (non-hydrogen) atoms. The Balaban J connectivity index is 1.88. The lowest BCUT2D eigenvalue weighted by molar-refractivity contribution is 0.411. The molecule has 3 nitrogen and oxygen atoms in total. The number of rotatable bonds is 5. The third kappa shape index (κ3) is 3.70. The first-order valence-electron chi connectivity index (χ1n) is 6.83. The number of pyridine rings is 1. The van der Waals surface area contributed by atoms with Crippen molar-refractivity contribution >= 4 is 5.82 Å². The van der Waals surface area contributed by atoms with Crippen LogP contribution in [0.1, 0.15) is 50.6 Å². The van der Waals surface area contributed by atoms with E-state index in [1.165, 1.54) is 37.7 Å². The van der Waals surface area contributed by atoms with Crippen LogP contribution in [0.15, 0.2) is 18.3 Å². The summed E-state index contributed by atoms with van der Waals surface area (Å²) in [7, 11) is 0. The molecule has 2 heterocycles. The number of nitrogens with one attached hydrogen (secondary N) is 2. The Kier molecular flexibility index (Phi) is 4.80. The van der Waals surface area contributed by atoms with Gasteiger partial charge in [-0.2, -0.15) is 0 Å². The van der Waals surface area contributed by atoms with E-state index in [0.717, 1.165) is 18.9 Å². The number of anilines is 1. The number of piperidine rings is 1. The van der Waals surface area contributed by atoms with Crippen molar-refractivity contribution in [3.8, 4) is 0 Å². The quantitative estimate of drug-likeness (QED) is 0.767. The molecule has 3 heteroatoms. The van der Waals surface area contributed by atoms with Crippen LogP contribution < -0.4 is 10.6 Å². The molecule has 0 spiro atoms. The summed E-state index contributed by atoms with van der Waals surface area (Å²) in [6.07, 6.45) is 8.31. The second-order valence-electron chi connectivity index (χ2n) is 4.76. The molecule has 0 aliphatic carbocycles. The second-order valence-corrected chi connectivity index (χ2v) is 4.76. The van der Waals surface area contributed by atoms with E-state index >= 15 is 0 Å². The maximum atomic E-state index is 4.47. The predicted octanol–water partition coefficient (Wildman–Crippen LogP) is 3.11. The van der Waals surface area contributed by atoms with E-state index in [0.29, 0.717) is 6.04 Å². The molecule has 1 atom stereocenters. The molecule has 0 aromatic carbocycles. The van der Waals surface area contributed by atoms with Crippen LogP contribution in [0.3, 0.4) is 0 Å². The Morgan fingerprint density at radius 3 is 3.00 bits per heavy atom. The third-order valence-corrected chi connectivity index (χ3v) is 3.34. The summed E-state index contributed by atoms with van der Waals surface area (Å²) in [4.78, 5) is 4.47. The normalized spacial score (nSPS) is 20.2. The first kappa shape index (κ1) is 12.4. The summed E-state index contributed by atoms with van der Waals surface area (Å²) in [5.41, 5.74) is 1.32. The predicted molar refractivity (Wildman–Crippen MR) is 72.2 cm³/mol. The standard InChI is InChI=1S/C14H23N3/c1-2-3-9-16-14-8-7-12(11-17-14)13-6-4-5-10-15-13/h7-8,11,13,15H,2-6,9-10H2,1H3,(H,16,17)/t13-/m0/s1. The fourth-order valence-electron chi connectivity index (χ4n) is 2.25. The van der Waals surface area contributed by atoms with E-state index in [4.69, 9.17) is 0 Å². The zero-order chi connectivity index (χ0) is 11.9. The van der Waals surface area contributed by atoms with E-state index in [9.17, 15) is 0 Å². The van der Waals surface area contributed by atoms with Gasteiger partial charge in [-0.05, 0) is 37.4 Å². The highest BCUT2D eigenvalue weighted by Crippen LogP contribution is 2.22. The SMILES string of the molecule is CCCCNc1ccc([C@@H]2CCCCN2)cn1. The molecule has 0 radical (unpaired) electrons. The molecular formula is C14H23N3. The van der Waals surface area contributed by atoms with Crippen molar-refractivity contribution in [2.45, 2.75) is 45.1 Å². The summed E-state index contributed by atoms with van der Waals surface area (Å²) < 4.78 is 0. The summed E-state index contributed by atoms with van der Waals surface area (Å²) in [6.45, 7) is 4.36. The molecule has 2 rings (SSSR count). The number of aromatic nitrogens is 1. The highest BCUT2D eigenvalue weighted by molar-refractivity contribution is 5.36. The highest BCUT2D eigenvalue weighted by Gasteiger charge is 2.14. The Hall–Kier alpha value is -1.09. The van der Waals surface area contributed by atoms with Crippen LogP contribution in [0.2, 0.25) is 0 Å². The van der Waals surface area contributed by atoms with Crippen LogP contribution >= 0.6 is 0 Å². The van der Waals surface area contributed by atoms with Gasteiger partial charge in [-0.25, -0.2) is 4.98 Å². The smallest absolute Gasteiger partial charge is 0.125 e. The van der Waals surface area contributed by atoms with Crippen molar-refractivity contribution in [3.05, 3.63) is 23.9 Å². The highest BCUT2D eigenvalue weighted by atomic mass is 15.0. The molecule has 1 aliphatic heterocycles. The summed E-state index contributed by atoms with van der Waals surface area (Å²) in [6, 6.07) is 4.81. The van der Waals surface area contributed by atoms with Gasteiger partial charge in [-0.1, -0.05) is 25.8 Å². The lowest BCUT2D eigenvalue weighted by Gasteiger charge is -2.23. The van der Waals surface area contributed by atoms with E-state index < -0.39 is 0 Å². The molecule has 1 aromatic rings. The van der Waals surface area contributed by atoms with Gasteiger partial charge in [0.1, 0.15) is 5.82 Å². The average Bonchev–Trinajstić information content (AvgIpc) is 2.41. The Morgan fingerprint density at radius 2 is 2.35 bits per heavy atom. The molecule has 1 aliphatic rings. The zero-order valence-corrected chi connectivity index (χ0v) is 10.7. The van der Waals surface area contributed by atoms with Gasteiger partial charge < -0.3 is 10.6 Å². The Morgan fingerprint density at radius 1 is 1.41 bits per heavy atom. The largest absolute Gasteiger partial charge is 0.370 e. The minimum Gasteiger partial charge on any atom is -0.370 e. The minimum absolute atomic E-state index is 0.515. The molecule has 0 bridgehead atoms. The Bertz CT molecular complexity index is 315. The molecule has 94 valence electrons. The third-order valence-electron chi connectivity index (χ3n) is 3.34. The summed E-state index contributed by atoms with van der Waals surface area (Å²) in [5, 5.41) is 6.89. The van der Waals surface area contributed by atoms with Crippen LogP contribution in [0, 0.1) is 0 Å². The topological polar surface area (TPSA) is 37.0 Å². The van der Waals surface area contributed by atoms with Gasteiger partial charge in [0.05, 0.1) is 0 Å². The van der Waals surface area contributed by atoms with Crippen LogP contribution in [-0.4, -0.2) is 18.1 Å². The molecule has 0 amide bonds. The van der Waals surface area contributed by atoms with Gasteiger partial charge in [0.15, 0.2) is 0 Å². The van der Waals surface area contributed by atoms with Crippen molar-refractivity contribution in [3.63, 3.8) is 0 Å². The maximum Gasteiger partial charge on any atom is 0.125 e. The molecule has 0 saturated carbocycles. The summed E-state index contributed by atoms with van der Waals surface area (Å²) >= 11 is 0. The second kappa shape index (κ2) is 6.60. The van der Waals surface area contributed by atoms with Gasteiger partial charge >= 0.3 is 0 Å². The lowest BCUT2D eigenvalue weighted by Crippen LogP contribution is -2.26. The van der Waals surface area contributed by atoms with Crippen LogP contribution in [0.4, 0.5) is 5.82 Å². The zero-order valence-electron chi connectivity index (χ0n) is 10.7. The van der Waals surface area contributed by atoms with Crippen molar-refractivity contribution in [2.75, 3.05) is 18.4 Å². The molecule has 0 unspecified atom stereocenters. The van der Waals surface area contributed by atoms with Crippen LogP contribution in [0.5, 0.6) is 0 Å². The van der Waals surface area contributed by atoms with Crippen LogP contribution in [-0.2, 0) is 0 Å². The molecule has 2 N–H and O–H groups in total. The fourth-order valence-corrected chi connectivity index (χ4v) is 2.25. The van der Waals surface area contributed by atoms with Gasteiger partial charge in [0.25, 0.3) is 0 Å². The number of unbranched alkanes of at least 4 members (excludes halogenated alkanes) is 1.